The molecule has 0 amide bonds. The van der Waals surface area contributed by atoms with Gasteiger partial charge in [0.1, 0.15) is 11.7 Å². The standard InChI is InChI=1S/C9H10N4O3/c1-5(9(14)15)16-8-6-3-12-13(2)7(6)10-4-11-8/h3-5H,1-2H3,(H,14,15). The molecule has 1 unspecified atom stereocenters. The van der Waals surface area contributed by atoms with Gasteiger partial charge in [0.2, 0.25) is 5.88 Å². The molecule has 2 aromatic heterocycles. The molecule has 0 aliphatic rings. The predicted molar refractivity (Wildman–Crippen MR) is 54.0 cm³/mol. The predicted octanol–water partition coefficient (Wildman–Crippen LogP) is 0.215. The maximum absolute atomic E-state index is 10.7. The molecular formula is C9H10N4O3. The number of aromatic nitrogens is 4. The Bertz CT molecular complexity index is 537. The molecular weight excluding hydrogens is 212 g/mol. The van der Waals surface area contributed by atoms with Crippen LogP contribution in [0.4, 0.5) is 0 Å². The van der Waals surface area contributed by atoms with Crippen LogP contribution in [0, 0.1) is 0 Å². The van der Waals surface area contributed by atoms with Gasteiger partial charge in [-0.2, -0.15) is 5.10 Å². The number of nitrogens with zero attached hydrogens (tertiary/aromatic N) is 4. The largest absolute Gasteiger partial charge is 0.479 e. The summed E-state index contributed by atoms with van der Waals surface area (Å²) in [6.45, 7) is 1.44. The van der Waals surface area contributed by atoms with Crippen LogP contribution in [0.3, 0.4) is 0 Å². The van der Waals surface area contributed by atoms with Crippen LogP contribution in [-0.2, 0) is 11.8 Å². The highest BCUT2D eigenvalue weighted by Gasteiger charge is 2.16. The van der Waals surface area contributed by atoms with E-state index in [-0.39, 0.29) is 5.88 Å². The summed E-state index contributed by atoms with van der Waals surface area (Å²) in [7, 11) is 1.74. The lowest BCUT2D eigenvalue weighted by Gasteiger charge is -2.09. The van der Waals surface area contributed by atoms with E-state index >= 15 is 0 Å². The van der Waals surface area contributed by atoms with Gasteiger partial charge in [-0.15, -0.1) is 0 Å². The summed E-state index contributed by atoms with van der Waals surface area (Å²) in [6.07, 6.45) is 1.89. The molecule has 0 spiro atoms. The average Bonchev–Trinajstić information content (AvgIpc) is 2.62. The van der Waals surface area contributed by atoms with Crippen LogP contribution in [0.2, 0.25) is 0 Å². The van der Waals surface area contributed by atoms with Crippen LogP contribution in [0.5, 0.6) is 5.88 Å². The molecule has 2 heterocycles. The van der Waals surface area contributed by atoms with Crippen molar-refractivity contribution in [3.63, 3.8) is 0 Å². The molecule has 7 nitrogen and oxygen atoms in total. The van der Waals surface area contributed by atoms with Gasteiger partial charge in [-0.25, -0.2) is 14.8 Å². The van der Waals surface area contributed by atoms with Crippen molar-refractivity contribution in [3.05, 3.63) is 12.5 Å². The van der Waals surface area contributed by atoms with Gasteiger partial charge < -0.3 is 9.84 Å². The van der Waals surface area contributed by atoms with Crippen LogP contribution in [0.1, 0.15) is 6.92 Å². The Labute approximate surface area is 90.7 Å². The molecule has 0 aliphatic heterocycles. The zero-order valence-electron chi connectivity index (χ0n) is 8.78. The number of rotatable bonds is 3. The fraction of sp³-hybridized carbons (Fsp3) is 0.333. The van der Waals surface area contributed by atoms with Crippen LogP contribution in [0.25, 0.3) is 11.0 Å². The number of aliphatic carboxylic acids is 1. The van der Waals surface area contributed by atoms with Crippen molar-refractivity contribution in [3.8, 4) is 5.88 Å². The minimum atomic E-state index is -1.05. The number of carboxylic acid groups (broad SMARTS) is 1. The number of hydrogen-bond donors (Lipinski definition) is 1. The van der Waals surface area contributed by atoms with Crippen molar-refractivity contribution < 1.29 is 14.6 Å². The fourth-order valence-corrected chi connectivity index (χ4v) is 1.25. The van der Waals surface area contributed by atoms with E-state index < -0.39 is 12.1 Å². The normalized spacial score (nSPS) is 12.6. The lowest BCUT2D eigenvalue weighted by molar-refractivity contribution is -0.144. The van der Waals surface area contributed by atoms with E-state index in [0.717, 1.165) is 0 Å². The van der Waals surface area contributed by atoms with Gasteiger partial charge in [0, 0.05) is 7.05 Å². The lowest BCUT2D eigenvalue weighted by atomic mass is 10.4. The maximum atomic E-state index is 10.7. The van der Waals surface area contributed by atoms with Crippen LogP contribution in [0.15, 0.2) is 12.5 Å². The molecule has 0 fully saturated rings. The van der Waals surface area contributed by atoms with E-state index in [1.807, 2.05) is 0 Å². The summed E-state index contributed by atoms with van der Waals surface area (Å²) in [5.41, 5.74) is 0.600. The molecule has 1 N–H and O–H groups in total. The number of hydrogen-bond acceptors (Lipinski definition) is 5. The number of aryl methyl sites for hydroxylation is 1. The van der Waals surface area contributed by atoms with Gasteiger partial charge in [0.15, 0.2) is 11.8 Å². The molecule has 0 saturated carbocycles. The maximum Gasteiger partial charge on any atom is 0.344 e. The summed E-state index contributed by atoms with van der Waals surface area (Å²) in [5.74, 6) is -0.816. The quantitative estimate of drug-likeness (QED) is 0.798. The zero-order valence-corrected chi connectivity index (χ0v) is 8.78. The summed E-state index contributed by atoms with van der Waals surface area (Å²) < 4.78 is 6.76. The molecule has 84 valence electrons. The first-order chi connectivity index (χ1) is 7.59. The summed E-state index contributed by atoms with van der Waals surface area (Å²) in [5, 5.41) is 13.3. The second kappa shape index (κ2) is 3.76. The van der Waals surface area contributed by atoms with E-state index in [4.69, 9.17) is 9.84 Å². The van der Waals surface area contributed by atoms with Crippen molar-refractivity contribution in [2.24, 2.45) is 7.05 Å². The van der Waals surface area contributed by atoms with Gasteiger partial charge in [-0.05, 0) is 6.92 Å². The van der Waals surface area contributed by atoms with Crippen molar-refractivity contribution >= 4 is 17.0 Å². The molecule has 1 atom stereocenters. The SMILES string of the molecule is CC(Oc1ncnc2c1cnn2C)C(=O)O. The first-order valence-corrected chi connectivity index (χ1v) is 4.61. The third kappa shape index (κ3) is 1.67. The summed E-state index contributed by atoms with van der Waals surface area (Å²) >= 11 is 0. The zero-order chi connectivity index (χ0) is 11.7. The third-order valence-corrected chi connectivity index (χ3v) is 2.13. The molecule has 2 rings (SSSR count). The van der Waals surface area contributed by atoms with Gasteiger partial charge in [-0.3, -0.25) is 4.68 Å². The second-order valence-electron chi connectivity index (χ2n) is 3.28. The Balaban J connectivity index is 2.41. The molecule has 0 aromatic carbocycles. The van der Waals surface area contributed by atoms with E-state index in [1.165, 1.54) is 13.3 Å². The second-order valence-corrected chi connectivity index (χ2v) is 3.28. The number of ether oxygens (including phenoxy) is 1. The number of carbonyl (C=O) groups is 1. The molecule has 0 aliphatic carbocycles. The van der Waals surface area contributed by atoms with E-state index in [1.54, 1.807) is 17.9 Å². The van der Waals surface area contributed by atoms with Gasteiger partial charge >= 0.3 is 5.97 Å². The Morgan fingerprint density at radius 3 is 3.00 bits per heavy atom. The highest BCUT2D eigenvalue weighted by molar-refractivity contribution is 5.80. The average molecular weight is 222 g/mol. The molecule has 16 heavy (non-hydrogen) atoms. The first kappa shape index (κ1) is 10.3. The smallest absolute Gasteiger partial charge is 0.344 e. The minimum absolute atomic E-state index is 0.230. The monoisotopic (exact) mass is 222 g/mol. The Morgan fingerprint density at radius 2 is 2.31 bits per heavy atom. The van der Waals surface area contributed by atoms with E-state index in [2.05, 4.69) is 15.1 Å². The first-order valence-electron chi connectivity index (χ1n) is 4.61. The highest BCUT2D eigenvalue weighted by Crippen LogP contribution is 2.20. The lowest BCUT2D eigenvalue weighted by Crippen LogP contribution is -2.23. The van der Waals surface area contributed by atoms with Gasteiger partial charge in [0.05, 0.1) is 6.20 Å². The minimum Gasteiger partial charge on any atom is -0.479 e. The van der Waals surface area contributed by atoms with Crippen molar-refractivity contribution in [1.82, 2.24) is 19.7 Å². The van der Waals surface area contributed by atoms with E-state index in [0.29, 0.717) is 11.0 Å². The van der Waals surface area contributed by atoms with Crippen LogP contribution < -0.4 is 4.74 Å². The molecule has 7 heteroatoms. The molecule has 0 saturated heterocycles. The van der Waals surface area contributed by atoms with Gasteiger partial charge in [-0.1, -0.05) is 0 Å². The highest BCUT2D eigenvalue weighted by atomic mass is 16.5. The number of fused-ring (bicyclic) bond motifs is 1. The summed E-state index contributed by atoms with van der Waals surface area (Å²) in [6, 6.07) is 0. The van der Waals surface area contributed by atoms with E-state index in [9.17, 15) is 4.79 Å². The molecule has 2 aromatic rings. The van der Waals surface area contributed by atoms with Crippen molar-refractivity contribution in [2.75, 3.05) is 0 Å². The van der Waals surface area contributed by atoms with Gasteiger partial charge in [0.25, 0.3) is 0 Å². The Kier molecular flexibility index (Phi) is 2.43. The third-order valence-electron chi connectivity index (χ3n) is 2.13. The molecule has 0 radical (unpaired) electrons. The van der Waals surface area contributed by atoms with Crippen LogP contribution in [-0.4, -0.2) is 36.9 Å². The Morgan fingerprint density at radius 1 is 1.56 bits per heavy atom. The van der Waals surface area contributed by atoms with Crippen molar-refractivity contribution in [2.45, 2.75) is 13.0 Å². The number of carboxylic acids is 1. The fourth-order valence-electron chi connectivity index (χ4n) is 1.25. The topological polar surface area (TPSA) is 90.1 Å². The molecule has 0 bridgehead atoms. The van der Waals surface area contributed by atoms with Crippen LogP contribution >= 0.6 is 0 Å². The Hall–Kier alpha value is -2.18. The summed E-state index contributed by atoms with van der Waals surface area (Å²) in [4.78, 5) is 18.6. The van der Waals surface area contributed by atoms with Crippen molar-refractivity contribution in [1.29, 1.82) is 0 Å².